The van der Waals surface area contributed by atoms with Crippen LogP contribution in [0.2, 0.25) is 0 Å². The number of ether oxygens (including phenoxy) is 1. The van der Waals surface area contributed by atoms with Crippen molar-refractivity contribution in [3.8, 4) is 0 Å². The van der Waals surface area contributed by atoms with Crippen molar-refractivity contribution >= 4 is 6.09 Å². The molecule has 1 aliphatic rings. The monoisotopic (exact) mass is 309 g/mol. The molecule has 0 aromatic heterocycles. The van der Waals surface area contributed by atoms with E-state index in [1.807, 2.05) is 30.3 Å². The Morgan fingerprint density at radius 1 is 1.32 bits per heavy atom. The third-order valence-corrected chi connectivity index (χ3v) is 3.91. The minimum absolute atomic E-state index is 0.0902. The fourth-order valence-corrected chi connectivity index (χ4v) is 2.88. The number of hydrogen-bond donors (Lipinski definition) is 1. The molecule has 1 aliphatic heterocycles. The highest BCUT2D eigenvalue weighted by Gasteiger charge is 2.38. The Balaban J connectivity index is 1.80. The standard InChI is InChI=1S/C17H24FNO3/c1-16(2,18)13-17(21)8-10-19(11-9-17)15(20)22-12-14-6-4-3-5-7-14/h3-7,21H,8-13H2,1-2H3. The van der Waals surface area contributed by atoms with Crippen molar-refractivity contribution in [3.05, 3.63) is 35.9 Å². The van der Waals surface area contributed by atoms with E-state index in [0.717, 1.165) is 5.56 Å². The summed E-state index contributed by atoms with van der Waals surface area (Å²) < 4.78 is 19.0. The number of likely N-dealkylation sites (tertiary alicyclic amines) is 1. The van der Waals surface area contributed by atoms with E-state index in [1.165, 1.54) is 13.8 Å². The number of hydrogen-bond acceptors (Lipinski definition) is 3. The molecule has 5 heteroatoms. The van der Waals surface area contributed by atoms with Crippen LogP contribution in [0.3, 0.4) is 0 Å². The van der Waals surface area contributed by atoms with Gasteiger partial charge >= 0.3 is 6.09 Å². The number of nitrogens with zero attached hydrogens (tertiary/aromatic N) is 1. The number of halogens is 1. The molecule has 1 fully saturated rings. The molecule has 1 saturated heterocycles. The van der Waals surface area contributed by atoms with Gasteiger partial charge in [-0.1, -0.05) is 30.3 Å². The maximum absolute atomic E-state index is 13.7. The van der Waals surface area contributed by atoms with Crippen molar-refractivity contribution in [2.45, 2.75) is 51.0 Å². The van der Waals surface area contributed by atoms with Crippen LogP contribution in [0, 0.1) is 0 Å². The van der Waals surface area contributed by atoms with Gasteiger partial charge in [-0.05, 0) is 32.3 Å². The third kappa shape index (κ3) is 4.98. The minimum Gasteiger partial charge on any atom is -0.445 e. The lowest BCUT2D eigenvalue weighted by atomic mass is 9.83. The van der Waals surface area contributed by atoms with Gasteiger partial charge in [-0.25, -0.2) is 9.18 Å². The van der Waals surface area contributed by atoms with E-state index < -0.39 is 11.3 Å². The molecule has 22 heavy (non-hydrogen) atoms. The zero-order chi connectivity index (χ0) is 16.2. The Hall–Kier alpha value is -1.62. The predicted molar refractivity (Wildman–Crippen MR) is 82.2 cm³/mol. The maximum atomic E-state index is 13.7. The molecule has 1 aromatic rings. The molecule has 0 atom stereocenters. The van der Waals surface area contributed by atoms with E-state index in [-0.39, 0.29) is 19.1 Å². The van der Waals surface area contributed by atoms with Crippen LogP contribution < -0.4 is 0 Å². The average molecular weight is 309 g/mol. The van der Waals surface area contributed by atoms with Crippen molar-refractivity contribution in [2.24, 2.45) is 0 Å². The van der Waals surface area contributed by atoms with Crippen molar-refractivity contribution in [1.82, 2.24) is 4.90 Å². The topological polar surface area (TPSA) is 49.8 Å². The number of benzene rings is 1. The van der Waals surface area contributed by atoms with E-state index in [4.69, 9.17) is 4.74 Å². The summed E-state index contributed by atoms with van der Waals surface area (Å²) in [6.45, 7) is 3.94. The number of alkyl halides is 1. The summed E-state index contributed by atoms with van der Waals surface area (Å²) >= 11 is 0. The largest absolute Gasteiger partial charge is 0.445 e. The van der Waals surface area contributed by atoms with Crippen LogP contribution in [0.5, 0.6) is 0 Å². The number of amides is 1. The molecule has 2 rings (SSSR count). The zero-order valence-electron chi connectivity index (χ0n) is 13.2. The number of carbonyl (C=O) groups is 1. The minimum atomic E-state index is -1.41. The first-order valence-electron chi connectivity index (χ1n) is 7.64. The smallest absolute Gasteiger partial charge is 0.410 e. The first-order chi connectivity index (χ1) is 10.3. The highest BCUT2D eigenvalue weighted by molar-refractivity contribution is 5.67. The number of piperidine rings is 1. The summed E-state index contributed by atoms with van der Waals surface area (Å²) in [5.41, 5.74) is -1.51. The van der Waals surface area contributed by atoms with Gasteiger partial charge in [0.25, 0.3) is 0 Å². The first-order valence-corrected chi connectivity index (χ1v) is 7.64. The average Bonchev–Trinajstić information content (AvgIpc) is 2.44. The molecule has 1 amide bonds. The van der Waals surface area contributed by atoms with Crippen LogP contribution in [-0.4, -0.2) is 40.5 Å². The fourth-order valence-electron chi connectivity index (χ4n) is 2.88. The molecule has 0 radical (unpaired) electrons. The molecule has 0 aliphatic carbocycles. The Labute approximate surface area is 130 Å². The highest BCUT2D eigenvalue weighted by Crippen LogP contribution is 2.32. The summed E-state index contributed by atoms with van der Waals surface area (Å²) in [7, 11) is 0. The summed E-state index contributed by atoms with van der Waals surface area (Å²) in [6.07, 6.45) is 0.458. The Bertz CT molecular complexity index is 490. The molecule has 122 valence electrons. The molecule has 4 nitrogen and oxygen atoms in total. The molecular weight excluding hydrogens is 285 g/mol. The summed E-state index contributed by atoms with van der Waals surface area (Å²) in [4.78, 5) is 13.6. The second kappa shape index (κ2) is 6.65. The van der Waals surface area contributed by atoms with E-state index in [0.29, 0.717) is 25.9 Å². The third-order valence-electron chi connectivity index (χ3n) is 3.91. The molecule has 1 aromatic carbocycles. The van der Waals surface area contributed by atoms with E-state index in [2.05, 4.69) is 0 Å². The summed E-state index contributed by atoms with van der Waals surface area (Å²) in [5.74, 6) is 0. The van der Waals surface area contributed by atoms with E-state index >= 15 is 0 Å². The quantitative estimate of drug-likeness (QED) is 0.928. The van der Waals surface area contributed by atoms with E-state index in [1.54, 1.807) is 4.90 Å². The van der Waals surface area contributed by atoms with Gasteiger partial charge in [-0.3, -0.25) is 0 Å². The maximum Gasteiger partial charge on any atom is 0.410 e. The van der Waals surface area contributed by atoms with Crippen molar-refractivity contribution in [1.29, 1.82) is 0 Å². The number of rotatable bonds is 4. The Kier molecular flexibility index (Phi) is 5.06. The molecule has 0 bridgehead atoms. The van der Waals surface area contributed by atoms with Crippen molar-refractivity contribution < 1.29 is 19.0 Å². The first kappa shape index (κ1) is 16.7. The second-order valence-corrected chi connectivity index (χ2v) is 6.65. The Morgan fingerprint density at radius 2 is 1.91 bits per heavy atom. The zero-order valence-corrected chi connectivity index (χ0v) is 13.2. The van der Waals surface area contributed by atoms with Crippen molar-refractivity contribution in [2.75, 3.05) is 13.1 Å². The fraction of sp³-hybridized carbons (Fsp3) is 0.588. The van der Waals surface area contributed by atoms with E-state index in [9.17, 15) is 14.3 Å². The molecular formula is C17H24FNO3. The van der Waals surface area contributed by atoms with Gasteiger partial charge in [0.1, 0.15) is 12.3 Å². The van der Waals surface area contributed by atoms with Crippen molar-refractivity contribution in [3.63, 3.8) is 0 Å². The van der Waals surface area contributed by atoms with Crippen LogP contribution in [0.1, 0.15) is 38.7 Å². The van der Waals surface area contributed by atoms with Gasteiger partial charge in [0.05, 0.1) is 5.60 Å². The van der Waals surface area contributed by atoms with Gasteiger partial charge in [-0.2, -0.15) is 0 Å². The lowest BCUT2D eigenvalue weighted by molar-refractivity contribution is -0.0555. The number of aliphatic hydroxyl groups is 1. The number of carbonyl (C=O) groups excluding carboxylic acids is 1. The van der Waals surface area contributed by atoms with Crippen LogP contribution in [0.15, 0.2) is 30.3 Å². The SMILES string of the molecule is CC(C)(F)CC1(O)CCN(C(=O)OCc2ccccc2)CC1. The molecule has 0 unspecified atom stereocenters. The van der Waals surface area contributed by atoms with Crippen LogP contribution >= 0.6 is 0 Å². The van der Waals surface area contributed by atoms with Gasteiger partial charge in [0, 0.05) is 19.5 Å². The van der Waals surface area contributed by atoms with Gasteiger partial charge in [-0.15, -0.1) is 0 Å². The van der Waals surface area contributed by atoms with Gasteiger partial charge < -0.3 is 14.7 Å². The summed E-state index contributed by atoms with van der Waals surface area (Å²) in [6, 6.07) is 9.48. The molecule has 0 spiro atoms. The lowest BCUT2D eigenvalue weighted by Crippen LogP contribution is -2.48. The Morgan fingerprint density at radius 3 is 2.45 bits per heavy atom. The van der Waals surface area contributed by atoms with Crippen LogP contribution in [-0.2, 0) is 11.3 Å². The second-order valence-electron chi connectivity index (χ2n) is 6.65. The van der Waals surface area contributed by atoms with Gasteiger partial charge in [0.15, 0.2) is 0 Å². The van der Waals surface area contributed by atoms with Crippen LogP contribution in [0.4, 0.5) is 9.18 Å². The normalized spacial score (nSPS) is 18.1. The summed E-state index contributed by atoms with van der Waals surface area (Å²) in [5, 5.41) is 10.4. The predicted octanol–water partition coefficient (Wildman–Crippen LogP) is 3.29. The van der Waals surface area contributed by atoms with Gasteiger partial charge in [0.2, 0.25) is 0 Å². The molecule has 0 saturated carbocycles. The lowest BCUT2D eigenvalue weighted by Gasteiger charge is -2.39. The molecule has 1 heterocycles. The highest BCUT2D eigenvalue weighted by atomic mass is 19.1. The molecule has 1 N–H and O–H groups in total. The van der Waals surface area contributed by atoms with Crippen LogP contribution in [0.25, 0.3) is 0 Å².